The van der Waals surface area contributed by atoms with E-state index < -0.39 is 4.92 Å². The Morgan fingerprint density at radius 1 is 1.18 bits per heavy atom. The predicted molar refractivity (Wildman–Crippen MR) is 133 cm³/mol. The molecule has 0 saturated carbocycles. The number of aryl methyl sites for hydroxylation is 1. The van der Waals surface area contributed by atoms with Gasteiger partial charge in [-0.05, 0) is 64.3 Å². The van der Waals surface area contributed by atoms with E-state index in [0.717, 1.165) is 20.3 Å². The number of hydrogen-bond acceptors (Lipinski definition) is 6. The first-order valence-corrected chi connectivity index (χ1v) is 11.5. The van der Waals surface area contributed by atoms with Gasteiger partial charge in [0.15, 0.2) is 0 Å². The second-order valence-corrected chi connectivity index (χ2v) is 9.19. The van der Waals surface area contributed by atoms with Gasteiger partial charge < -0.3 is 4.74 Å². The van der Waals surface area contributed by atoms with Gasteiger partial charge in [-0.25, -0.2) is 5.43 Å². The van der Waals surface area contributed by atoms with Crippen LogP contribution in [0.15, 0.2) is 76.3 Å². The summed E-state index contributed by atoms with van der Waals surface area (Å²) >= 11 is 4.76. The zero-order chi connectivity index (χ0) is 23.4. The molecule has 0 radical (unpaired) electrons. The van der Waals surface area contributed by atoms with Crippen LogP contribution in [0.25, 0.3) is 10.1 Å². The third kappa shape index (κ3) is 5.63. The molecule has 9 heteroatoms. The molecule has 4 aromatic rings. The number of halogens is 1. The molecule has 0 fully saturated rings. The van der Waals surface area contributed by atoms with E-state index in [2.05, 4.69) is 32.5 Å². The molecule has 0 aliphatic rings. The molecular formula is C24H18BrN3O4S. The molecule has 7 nitrogen and oxygen atoms in total. The Balaban J connectivity index is 1.37. The number of carbonyl (C=O) groups excluding carboxylic acids is 1. The minimum Gasteiger partial charge on any atom is -0.488 e. The van der Waals surface area contributed by atoms with E-state index >= 15 is 0 Å². The van der Waals surface area contributed by atoms with Gasteiger partial charge in [0.1, 0.15) is 12.4 Å². The first-order chi connectivity index (χ1) is 15.9. The summed E-state index contributed by atoms with van der Waals surface area (Å²) in [5.74, 6) is 0.323. The Morgan fingerprint density at radius 2 is 2.03 bits per heavy atom. The van der Waals surface area contributed by atoms with Crippen molar-refractivity contribution in [3.8, 4) is 5.75 Å². The van der Waals surface area contributed by atoms with Crippen molar-refractivity contribution in [2.75, 3.05) is 0 Å². The van der Waals surface area contributed by atoms with E-state index in [4.69, 9.17) is 4.74 Å². The number of non-ortho nitro benzene ring substituents is 1. The number of hydrazone groups is 1. The van der Waals surface area contributed by atoms with E-state index in [9.17, 15) is 14.9 Å². The Bertz CT molecular complexity index is 1380. The summed E-state index contributed by atoms with van der Waals surface area (Å²) in [6.45, 7) is 2.50. The number of nitro benzene ring substituents is 1. The third-order valence-corrected chi connectivity index (χ3v) is 6.48. The second kappa shape index (κ2) is 9.93. The smallest absolute Gasteiger partial charge is 0.281 e. The number of ether oxygens (including phenoxy) is 1. The number of amides is 1. The summed E-state index contributed by atoms with van der Waals surface area (Å²) in [7, 11) is 0. The molecule has 0 aliphatic carbocycles. The van der Waals surface area contributed by atoms with E-state index in [1.54, 1.807) is 12.1 Å². The number of nitro groups is 1. The molecule has 33 heavy (non-hydrogen) atoms. The van der Waals surface area contributed by atoms with E-state index in [1.807, 2.05) is 43.3 Å². The van der Waals surface area contributed by atoms with Gasteiger partial charge >= 0.3 is 0 Å². The highest BCUT2D eigenvalue weighted by atomic mass is 79.9. The predicted octanol–water partition coefficient (Wildman–Crippen LogP) is 6.22. The van der Waals surface area contributed by atoms with Gasteiger partial charge in [0.2, 0.25) is 0 Å². The van der Waals surface area contributed by atoms with Crippen LogP contribution in [-0.4, -0.2) is 17.0 Å². The van der Waals surface area contributed by atoms with Crippen molar-refractivity contribution >= 4 is 55.2 Å². The van der Waals surface area contributed by atoms with Gasteiger partial charge in [0, 0.05) is 22.2 Å². The monoisotopic (exact) mass is 523 g/mol. The van der Waals surface area contributed by atoms with E-state index in [1.165, 1.54) is 35.2 Å². The Labute approximate surface area is 202 Å². The fourth-order valence-corrected chi connectivity index (χ4v) is 4.60. The second-order valence-electron chi connectivity index (χ2n) is 7.26. The average molecular weight is 524 g/mol. The lowest BCUT2D eigenvalue weighted by atomic mass is 10.1. The molecule has 0 bridgehead atoms. The minimum absolute atomic E-state index is 0.0119. The molecule has 0 saturated heterocycles. The van der Waals surface area contributed by atoms with Crippen LogP contribution in [0.3, 0.4) is 0 Å². The normalized spacial score (nSPS) is 11.1. The number of nitrogens with one attached hydrogen (secondary N) is 1. The average Bonchev–Trinajstić information content (AvgIpc) is 3.22. The molecule has 3 aromatic carbocycles. The van der Waals surface area contributed by atoms with Gasteiger partial charge in [-0.3, -0.25) is 14.9 Å². The fraction of sp³-hybridized carbons (Fsp3) is 0.0833. The molecule has 1 aromatic heterocycles. The van der Waals surface area contributed by atoms with Crippen molar-refractivity contribution in [3.63, 3.8) is 0 Å². The van der Waals surface area contributed by atoms with Crippen LogP contribution in [0, 0.1) is 17.0 Å². The first kappa shape index (κ1) is 22.6. The summed E-state index contributed by atoms with van der Waals surface area (Å²) in [5, 5.41) is 15.6. The van der Waals surface area contributed by atoms with Crippen LogP contribution >= 0.6 is 27.3 Å². The summed E-state index contributed by atoms with van der Waals surface area (Å²) < 4.78 is 7.45. The van der Waals surface area contributed by atoms with Crippen molar-refractivity contribution in [1.82, 2.24) is 5.43 Å². The van der Waals surface area contributed by atoms with Crippen LogP contribution in [0.1, 0.15) is 26.4 Å². The number of carbonyl (C=O) groups is 1. The molecule has 0 aliphatic heterocycles. The lowest BCUT2D eigenvalue weighted by Crippen LogP contribution is -2.16. The number of nitrogens with zero attached hydrogens (tertiary/aromatic N) is 2. The highest BCUT2D eigenvalue weighted by molar-refractivity contribution is 9.10. The summed E-state index contributed by atoms with van der Waals surface area (Å²) in [6.07, 6.45) is 1.53. The van der Waals surface area contributed by atoms with Gasteiger partial charge in [0.25, 0.3) is 11.6 Å². The highest BCUT2D eigenvalue weighted by Crippen LogP contribution is 2.29. The molecule has 0 spiro atoms. The quantitative estimate of drug-likeness (QED) is 0.176. The minimum atomic E-state index is -0.460. The first-order valence-electron chi connectivity index (χ1n) is 9.88. The van der Waals surface area contributed by atoms with Crippen molar-refractivity contribution in [1.29, 1.82) is 0 Å². The number of fused-ring (bicyclic) bond motifs is 1. The molecule has 1 amide bonds. The maximum absolute atomic E-state index is 12.4. The van der Waals surface area contributed by atoms with Crippen LogP contribution < -0.4 is 10.2 Å². The van der Waals surface area contributed by atoms with Gasteiger partial charge in [0.05, 0.1) is 20.5 Å². The van der Waals surface area contributed by atoms with Crippen molar-refractivity contribution in [2.24, 2.45) is 5.10 Å². The number of benzene rings is 3. The fourth-order valence-electron chi connectivity index (χ4n) is 3.15. The van der Waals surface area contributed by atoms with Gasteiger partial charge in [-0.15, -0.1) is 11.3 Å². The highest BCUT2D eigenvalue weighted by Gasteiger charge is 2.13. The SMILES string of the molecule is Cc1cccc(COc2ccc(/C=N\NC(=O)c3cc4cc([N+](=O)[O-])ccc4s3)cc2Br)c1. The molecule has 1 N–H and O–H groups in total. The lowest BCUT2D eigenvalue weighted by molar-refractivity contribution is -0.384. The lowest BCUT2D eigenvalue weighted by Gasteiger charge is -2.09. The molecule has 0 unspecified atom stereocenters. The van der Waals surface area contributed by atoms with Crippen molar-refractivity contribution < 1.29 is 14.5 Å². The Hall–Kier alpha value is -3.56. The van der Waals surface area contributed by atoms with Crippen molar-refractivity contribution in [3.05, 3.63) is 103 Å². The van der Waals surface area contributed by atoms with E-state index in [0.29, 0.717) is 22.6 Å². The van der Waals surface area contributed by atoms with Crippen LogP contribution in [-0.2, 0) is 6.61 Å². The van der Waals surface area contributed by atoms with Gasteiger partial charge in [-0.2, -0.15) is 5.10 Å². The zero-order valence-corrected chi connectivity index (χ0v) is 19.9. The summed E-state index contributed by atoms with van der Waals surface area (Å²) in [5.41, 5.74) is 5.53. The maximum Gasteiger partial charge on any atom is 0.281 e. The zero-order valence-electron chi connectivity index (χ0n) is 17.4. The van der Waals surface area contributed by atoms with Crippen molar-refractivity contribution in [2.45, 2.75) is 13.5 Å². The largest absolute Gasteiger partial charge is 0.488 e. The summed E-state index contributed by atoms with van der Waals surface area (Å²) in [6, 6.07) is 19.8. The molecule has 0 atom stereocenters. The topological polar surface area (TPSA) is 93.8 Å². The van der Waals surface area contributed by atoms with Gasteiger partial charge in [-0.1, -0.05) is 29.8 Å². The van der Waals surface area contributed by atoms with E-state index in [-0.39, 0.29) is 11.6 Å². The molecule has 166 valence electrons. The van der Waals surface area contributed by atoms with Crippen LogP contribution in [0.4, 0.5) is 5.69 Å². The number of rotatable bonds is 7. The number of hydrogen-bond donors (Lipinski definition) is 1. The number of thiophene rings is 1. The third-order valence-electron chi connectivity index (χ3n) is 4.75. The Morgan fingerprint density at radius 3 is 2.79 bits per heavy atom. The Kier molecular flexibility index (Phi) is 6.81. The van der Waals surface area contributed by atoms with Crippen LogP contribution in [0.2, 0.25) is 0 Å². The summed E-state index contributed by atoms with van der Waals surface area (Å²) in [4.78, 5) is 23.3. The maximum atomic E-state index is 12.4. The molecular weight excluding hydrogens is 506 g/mol. The van der Waals surface area contributed by atoms with Crippen LogP contribution in [0.5, 0.6) is 5.75 Å². The molecule has 1 heterocycles. The standard InChI is InChI=1S/C24H18BrN3O4S/c1-15-3-2-4-17(9-15)14-32-21-7-5-16(10-20(21)25)13-26-27-24(29)23-12-18-11-19(28(30)31)6-8-22(18)33-23/h2-13H,14H2,1H3,(H,27,29)/b26-13-. The molecule has 4 rings (SSSR count).